The Morgan fingerprint density at radius 1 is 1.30 bits per heavy atom. The molecule has 1 aliphatic heterocycles. The third-order valence-electron chi connectivity index (χ3n) is 4.30. The van der Waals surface area contributed by atoms with Gasteiger partial charge >= 0.3 is 12.0 Å². The summed E-state index contributed by atoms with van der Waals surface area (Å²) in [4.78, 5) is 25.0. The molecule has 23 heavy (non-hydrogen) atoms. The Morgan fingerprint density at radius 3 is 2.65 bits per heavy atom. The third kappa shape index (κ3) is 5.27. The fourth-order valence-corrected chi connectivity index (χ4v) is 3.00. The van der Waals surface area contributed by atoms with Crippen LogP contribution in [0, 0.1) is 11.3 Å². The first kappa shape index (κ1) is 17.3. The number of carbonyl (C=O) groups is 2. The summed E-state index contributed by atoms with van der Waals surface area (Å²) in [6.07, 6.45) is 2.28. The zero-order chi connectivity index (χ0) is 16.9. The maximum Gasteiger partial charge on any atom is 0.317 e. The Balaban J connectivity index is 1.84. The lowest BCUT2D eigenvalue weighted by Gasteiger charge is -2.32. The topological polar surface area (TPSA) is 69.6 Å². The third-order valence-corrected chi connectivity index (χ3v) is 4.30. The first-order valence-corrected chi connectivity index (χ1v) is 8.17. The summed E-state index contributed by atoms with van der Waals surface area (Å²) in [5.74, 6) is -1.25. The van der Waals surface area contributed by atoms with Crippen molar-refractivity contribution < 1.29 is 14.7 Å². The number of carboxylic acid groups (broad SMARTS) is 1. The number of rotatable bonds is 5. The molecule has 0 saturated carbocycles. The lowest BCUT2D eigenvalue weighted by atomic mass is 9.86. The van der Waals surface area contributed by atoms with E-state index < -0.39 is 11.9 Å². The highest BCUT2D eigenvalue weighted by atomic mass is 16.4. The van der Waals surface area contributed by atoms with Crippen molar-refractivity contribution in [3.05, 3.63) is 35.9 Å². The van der Waals surface area contributed by atoms with E-state index in [0.717, 1.165) is 12.8 Å². The molecule has 1 saturated heterocycles. The van der Waals surface area contributed by atoms with Gasteiger partial charge in [-0.15, -0.1) is 0 Å². The van der Waals surface area contributed by atoms with Crippen molar-refractivity contribution in [2.75, 3.05) is 19.6 Å². The lowest BCUT2D eigenvalue weighted by Crippen LogP contribution is -2.49. The van der Waals surface area contributed by atoms with E-state index in [1.165, 1.54) is 5.56 Å². The van der Waals surface area contributed by atoms with E-state index >= 15 is 0 Å². The molecule has 1 atom stereocenters. The van der Waals surface area contributed by atoms with Gasteiger partial charge in [-0.2, -0.15) is 0 Å². The van der Waals surface area contributed by atoms with E-state index in [-0.39, 0.29) is 11.4 Å². The molecule has 1 fully saturated rings. The number of amides is 2. The average molecular weight is 318 g/mol. The van der Waals surface area contributed by atoms with Gasteiger partial charge in [-0.3, -0.25) is 4.79 Å². The summed E-state index contributed by atoms with van der Waals surface area (Å²) < 4.78 is 0. The lowest BCUT2D eigenvalue weighted by molar-refractivity contribution is -0.143. The van der Waals surface area contributed by atoms with Crippen LogP contribution in [0.2, 0.25) is 0 Å². The molecule has 0 bridgehead atoms. The molecule has 0 aromatic heterocycles. The van der Waals surface area contributed by atoms with Gasteiger partial charge in [-0.1, -0.05) is 44.2 Å². The Kier molecular flexibility index (Phi) is 5.64. The zero-order valence-electron chi connectivity index (χ0n) is 13.9. The highest BCUT2D eigenvalue weighted by molar-refractivity contribution is 5.76. The largest absolute Gasteiger partial charge is 0.481 e. The molecule has 5 heteroatoms. The minimum atomic E-state index is -0.813. The molecule has 2 amide bonds. The summed E-state index contributed by atoms with van der Waals surface area (Å²) in [6.45, 7) is 5.75. The normalized spacial score (nSPS) is 18.5. The molecular weight excluding hydrogens is 292 g/mol. The van der Waals surface area contributed by atoms with Gasteiger partial charge in [0, 0.05) is 19.6 Å². The van der Waals surface area contributed by atoms with Gasteiger partial charge in [-0.25, -0.2) is 4.79 Å². The highest BCUT2D eigenvalue weighted by Gasteiger charge is 2.29. The van der Waals surface area contributed by atoms with Crippen molar-refractivity contribution in [3.8, 4) is 0 Å². The SMILES string of the molecule is CC(C)(CNC(=O)N1CCCC(C(=O)O)C1)Cc1ccccc1. The molecule has 1 aromatic rings. The van der Waals surface area contributed by atoms with Crippen molar-refractivity contribution in [2.24, 2.45) is 11.3 Å². The standard InChI is InChI=1S/C18H26N2O3/c1-18(2,11-14-7-4-3-5-8-14)13-19-17(23)20-10-6-9-15(12-20)16(21)22/h3-5,7-8,15H,6,9-13H2,1-2H3,(H,19,23)(H,21,22). The van der Waals surface area contributed by atoms with Crippen LogP contribution in [0.1, 0.15) is 32.3 Å². The van der Waals surface area contributed by atoms with Crippen LogP contribution in [0.5, 0.6) is 0 Å². The monoisotopic (exact) mass is 318 g/mol. The van der Waals surface area contributed by atoms with E-state index in [0.29, 0.717) is 26.1 Å². The van der Waals surface area contributed by atoms with Gasteiger partial charge in [0.1, 0.15) is 0 Å². The van der Waals surface area contributed by atoms with Gasteiger partial charge in [0.15, 0.2) is 0 Å². The minimum Gasteiger partial charge on any atom is -0.481 e. The van der Waals surface area contributed by atoms with Crippen LogP contribution in [0.15, 0.2) is 30.3 Å². The van der Waals surface area contributed by atoms with Crippen LogP contribution >= 0.6 is 0 Å². The summed E-state index contributed by atoms with van der Waals surface area (Å²) in [6, 6.07) is 10.1. The zero-order valence-corrected chi connectivity index (χ0v) is 13.9. The van der Waals surface area contributed by atoms with Crippen molar-refractivity contribution >= 4 is 12.0 Å². The van der Waals surface area contributed by atoms with Crippen molar-refractivity contribution in [2.45, 2.75) is 33.1 Å². The molecule has 1 unspecified atom stereocenters. The predicted molar refractivity (Wildman–Crippen MR) is 89.3 cm³/mol. The predicted octanol–water partition coefficient (Wildman–Crippen LogP) is 2.76. The number of nitrogens with zero attached hydrogens (tertiary/aromatic N) is 1. The van der Waals surface area contributed by atoms with E-state index in [1.807, 2.05) is 18.2 Å². The van der Waals surface area contributed by atoms with Crippen LogP contribution in [-0.2, 0) is 11.2 Å². The Labute approximate surface area is 137 Å². The maximum atomic E-state index is 12.3. The van der Waals surface area contributed by atoms with E-state index in [1.54, 1.807) is 4.90 Å². The summed E-state index contributed by atoms with van der Waals surface area (Å²) in [5, 5.41) is 12.1. The number of hydrogen-bond donors (Lipinski definition) is 2. The fraction of sp³-hybridized carbons (Fsp3) is 0.556. The molecule has 126 valence electrons. The number of aliphatic carboxylic acids is 1. The van der Waals surface area contributed by atoms with Crippen LogP contribution < -0.4 is 5.32 Å². The van der Waals surface area contributed by atoms with Crippen LogP contribution in [0.3, 0.4) is 0 Å². The maximum absolute atomic E-state index is 12.3. The summed E-state index contributed by atoms with van der Waals surface area (Å²) in [7, 11) is 0. The molecule has 1 aromatic carbocycles. The smallest absolute Gasteiger partial charge is 0.317 e. The first-order valence-electron chi connectivity index (χ1n) is 8.17. The Bertz CT molecular complexity index is 542. The number of piperidine rings is 1. The Morgan fingerprint density at radius 2 is 2.00 bits per heavy atom. The summed E-state index contributed by atoms with van der Waals surface area (Å²) >= 11 is 0. The van der Waals surface area contributed by atoms with Gasteiger partial charge in [0.25, 0.3) is 0 Å². The highest BCUT2D eigenvalue weighted by Crippen LogP contribution is 2.21. The van der Waals surface area contributed by atoms with Crippen molar-refractivity contribution in [1.82, 2.24) is 10.2 Å². The van der Waals surface area contributed by atoms with Crippen LogP contribution in [-0.4, -0.2) is 41.6 Å². The van der Waals surface area contributed by atoms with Crippen molar-refractivity contribution in [3.63, 3.8) is 0 Å². The van der Waals surface area contributed by atoms with E-state index in [2.05, 4.69) is 31.3 Å². The fourth-order valence-electron chi connectivity index (χ4n) is 3.00. The van der Waals surface area contributed by atoms with E-state index in [4.69, 9.17) is 5.11 Å². The second-order valence-electron chi connectivity index (χ2n) is 7.11. The van der Waals surface area contributed by atoms with Crippen LogP contribution in [0.25, 0.3) is 0 Å². The van der Waals surface area contributed by atoms with Gasteiger partial charge in [-0.05, 0) is 30.2 Å². The quantitative estimate of drug-likeness (QED) is 0.877. The van der Waals surface area contributed by atoms with E-state index in [9.17, 15) is 9.59 Å². The number of benzene rings is 1. The van der Waals surface area contributed by atoms with Gasteiger partial charge < -0.3 is 15.3 Å². The number of nitrogens with one attached hydrogen (secondary N) is 1. The molecule has 0 spiro atoms. The second kappa shape index (κ2) is 7.49. The average Bonchev–Trinajstić information content (AvgIpc) is 2.53. The summed E-state index contributed by atoms with van der Waals surface area (Å²) in [5.41, 5.74) is 1.19. The molecule has 1 aliphatic rings. The number of urea groups is 1. The number of carbonyl (C=O) groups excluding carboxylic acids is 1. The number of likely N-dealkylation sites (tertiary alicyclic amines) is 1. The number of hydrogen-bond acceptors (Lipinski definition) is 2. The minimum absolute atomic E-state index is 0.0565. The molecule has 1 heterocycles. The molecular formula is C18H26N2O3. The van der Waals surface area contributed by atoms with Gasteiger partial charge in [0.05, 0.1) is 5.92 Å². The first-order chi connectivity index (χ1) is 10.9. The number of carboxylic acids is 1. The van der Waals surface area contributed by atoms with Gasteiger partial charge in [0.2, 0.25) is 0 Å². The molecule has 0 aliphatic carbocycles. The second-order valence-corrected chi connectivity index (χ2v) is 7.11. The molecule has 0 radical (unpaired) electrons. The molecule has 2 N–H and O–H groups in total. The Hall–Kier alpha value is -2.04. The van der Waals surface area contributed by atoms with Crippen LogP contribution in [0.4, 0.5) is 4.79 Å². The van der Waals surface area contributed by atoms with Crippen molar-refractivity contribution in [1.29, 1.82) is 0 Å². The molecule has 2 rings (SSSR count). The molecule has 5 nitrogen and oxygen atoms in total.